The van der Waals surface area contributed by atoms with Crippen molar-refractivity contribution in [3.8, 4) is 22.8 Å². The molecule has 2 heterocycles. The highest BCUT2D eigenvalue weighted by atomic mass is 16.3. The molecule has 2 N–H and O–H groups in total. The van der Waals surface area contributed by atoms with Gasteiger partial charge in [0.05, 0.1) is 11.7 Å². The Morgan fingerprint density at radius 3 is 2.00 bits per heavy atom. The quantitative estimate of drug-likeness (QED) is 0.142. The van der Waals surface area contributed by atoms with Gasteiger partial charge in [-0.3, -0.25) is 0 Å². The normalized spacial score (nSPS) is 16.5. The van der Waals surface area contributed by atoms with E-state index in [1.54, 1.807) is 0 Å². The molecule has 1 aromatic heterocycles. The second kappa shape index (κ2) is 15.0. The van der Waals surface area contributed by atoms with Crippen LogP contribution in [-0.4, -0.2) is 21.3 Å². The molecule has 53 heavy (non-hydrogen) atoms. The summed E-state index contributed by atoms with van der Waals surface area (Å²) in [4.78, 5) is 2.53. The molecule has 0 radical (unpaired) electrons. The smallest absolute Gasteiger partial charge is 0.128 e. The number of hydrogen-bond donors (Lipinski definition) is 2. The van der Waals surface area contributed by atoms with Crippen molar-refractivity contribution in [2.75, 3.05) is 11.4 Å². The van der Waals surface area contributed by atoms with Gasteiger partial charge in [-0.25, -0.2) is 0 Å². The first-order valence-electron chi connectivity index (χ1n) is 19.7. The summed E-state index contributed by atoms with van der Waals surface area (Å²) >= 11 is 0. The van der Waals surface area contributed by atoms with Crippen LogP contribution in [0, 0.1) is 13.8 Å². The number of allylic oxidation sites excluding steroid dienone is 3. The number of hydrogen-bond acceptors (Lipinski definition) is 3. The van der Waals surface area contributed by atoms with E-state index in [4.69, 9.17) is 0 Å². The Balaban J connectivity index is 1.42. The summed E-state index contributed by atoms with van der Waals surface area (Å²) in [6.45, 7) is 23.5. The predicted molar refractivity (Wildman–Crippen MR) is 227 cm³/mol. The van der Waals surface area contributed by atoms with Crippen molar-refractivity contribution in [1.29, 1.82) is 0 Å². The van der Waals surface area contributed by atoms with Gasteiger partial charge < -0.3 is 19.7 Å². The number of anilines is 1. The molecule has 6 rings (SSSR count). The van der Waals surface area contributed by atoms with E-state index in [0.29, 0.717) is 11.5 Å². The molecule has 0 bridgehead atoms. The third kappa shape index (κ3) is 7.30. The zero-order valence-electron chi connectivity index (χ0n) is 33.7. The van der Waals surface area contributed by atoms with Gasteiger partial charge >= 0.3 is 0 Å². The zero-order valence-corrected chi connectivity index (χ0v) is 33.7. The van der Waals surface area contributed by atoms with Crippen molar-refractivity contribution >= 4 is 22.7 Å². The molecule has 1 aliphatic heterocycles. The third-order valence-electron chi connectivity index (χ3n) is 10.9. The number of aryl methyl sites for hydroxylation is 3. The van der Waals surface area contributed by atoms with E-state index >= 15 is 0 Å². The molecule has 0 amide bonds. The Morgan fingerprint density at radius 1 is 0.698 bits per heavy atom. The van der Waals surface area contributed by atoms with Gasteiger partial charge in [0, 0.05) is 57.9 Å². The van der Waals surface area contributed by atoms with Crippen LogP contribution in [0.25, 0.3) is 28.2 Å². The lowest BCUT2D eigenvalue weighted by Crippen LogP contribution is -2.28. The molecule has 5 aromatic rings. The fourth-order valence-electron chi connectivity index (χ4n) is 8.58. The summed E-state index contributed by atoms with van der Waals surface area (Å²) in [6.07, 6.45) is 11.7. The molecule has 0 saturated heterocycles. The monoisotopic (exact) mass is 708 g/mol. The molecule has 278 valence electrons. The fourth-order valence-corrected chi connectivity index (χ4v) is 8.58. The Hall–Kier alpha value is -4.70. The second-order valence-corrected chi connectivity index (χ2v) is 17.2. The Labute approximate surface area is 318 Å². The molecule has 4 nitrogen and oxygen atoms in total. The maximum absolute atomic E-state index is 11.9. The molecule has 1 aliphatic rings. The molecular weight excluding hydrogens is 649 g/mol. The van der Waals surface area contributed by atoms with Gasteiger partial charge in [0.2, 0.25) is 0 Å². The Morgan fingerprint density at radius 2 is 1.32 bits per heavy atom. The first kappa shape index (κ1) is 38.0. The van der Waals surface area contributed by atoms with Gasteiger partial charge in [-0.15, -0.1) is 0 Å². The number of aromatic hydroxyl groups is 2. The van der Waals surface area contributed by atoms with E-state index in [0.717, 1.165) is 71.4 Å². The highest BCUT2D eigenvalue weighted by Gasteiger charge is 2.40. The van der Waals surface area contributed by atoms with Crippen LogP contribution in [-0.2, 0) is 17.4 Å². The SMILES string of the molecule is CCCN1c2ccccc2C(C/C=C\C=C\c2c(-c3cc(C)cc(C(C)(C)C)c3O)n(CCC)c3ccccc23)C1c1cc(C)cc(C(C)(C)C)c1O. The van der Waals surface area contributed by atoms with Gasteiger partial charge in [0.1, 0.15) is 11.5 Å². The van der Waals surface area contributed by atoms with Gasteiger partial charge in [-0.1, -0.05) is 140 Å². The van der Waals surface area contributed by atoms with Crippen molar-refractivity contribution < 1.29 is 10.2 Å². The van der Waals surface area contributed by atoms with Crippen LogP contribution in [0.5, 0.6) is 11.5 Å². The highest BCUT2D eigenvalue weighted by molar-refractivity contribution is 5.99. The van der Waals surface area contributed by atoms with Crippen LogP contribution in [0.2, 0.25) is 0 Å². The number of benzene rings is 4. The van der Waals surface area contributed by atoms with Crippen molar-refractivity contribution in [3.05, 3.63) is 130 Å². The minimum absolute atomic E-state index is 0.0295. The van der Waals surface area contributed by atoms with Gasteiger partial charge in [-0.05, 0) is 78.8 Å². The molecule has 2 atom stereocenters. The number of phenolic OH excluding ortho intramolecular Hbond substituents is 2. The Bertz CT molecular complexity index is 2170. The fraction of sp³-hybridized carbons (Fsp3) is 0.388. The molecule has 0 spiro atoms. The maximum Gasteiger partial charge on any atom is 0.128 e. The van der Waals surface area contributed by atoms with E-state index in [1.807, 2.05) is 0 Å². The van der Waals surface area contributed by atoms with Gasteiger partial charge in [0.15, 0.2) is 0 Å². The van der Waals surface area contributed by atoms with Crippen molar-refractivity contribution in [2.24, 2.45) is 0 Å². The lowest BCUT2D eigenvalue weighted by Gasteiger charge is -2.33. The number of nitrogens with zero attached hydrogens (tertiary/aromatic N) is 2. The van der Waals surface area contributed by atoms with Gasteiger partial charge in [0.25, 0.3) is 0 Å². The molecular formula is C49H60N2O2. The topological polar surface area (TPSA) is 48.6 Å². The van der Waals surface area contributed by atoms with Crippen LogP contribution >= 0.6 is 0 Å². The molecule has 2 unspecified atom stereocenters. The largest absolute Gasteiger partial charge is 0.507 e. The maximum atomic E-state index is 11.9. The first-order chi connectivity index (χ1) is 25.2. The van der Waals surface area contributed by atoms with E-state index in [2.05, 4.69) is 176 Å². The Kier molecular flexibility index (Phi) is 10.7. The van der Waals surface area contributed by atoms with Crippen molar-refractivity contribution in [3.63, 3.8) is 0 Å². The number of phenols is 2. The second-order valence-electron chi connectivity index (χ2n) is 17.2. The van der Waals surface area contributed by atoms with E-state index < -0.39 is 0 Å². The number of fused-ring (bicyclic) bond motifs is 2. The number of rotatable bonds is 10. The zero-order chi connectivity index (χ0) is 38.2. The predicted octanol–water partition coefficient (Wildman–Crippen LogP) is 13.1. The molecule has 4 aromatic carbocycles. The van der Waals surface area contributed by atoms with Crippen LogP contribution in [0.15, 0.2) is 91.0 Å². The number of para-hydroxylation sites is 2. The van der Waals surface area contributed by atoms with E-state index in [-0.39, 0.29) is 22.8 Å². The summed E-state index contributed by atoms with van der Waals surface area (Å²) in [5.74, 6) is 0.982. The van der Waals surface area contributed by atoms with Crippen molar-refractivity contribution in [2.45, 2.75) is 118 Å². The number of aromatic nitrogens is 1. The summed E-state index contributed by atoms with van der Waals surface area (Å²) in [5.41, 5.74) is 11.8. The molecule has 0 fully saturated rings. The third-order valence-corrected chi connectivity index (χ3v) is 10.9. The molecule has 0 saturated carbocycles. The summed E-state index contributed by atoms with van der Waals surface area (Å²) in [7, 11) is 0. The minimum atomic E-state index is -0.196. The van der Waals surface area contributed by atoms with E-state index in [9.17, 15) is 10.2 Å². The minimum Gasteiger partial charge on any atom is -0.507 e. The van der Waals surface area contributed by atoms with E-state index in [1.165, 1.54) is 27.7 Å². The summed E-state index contributed by atoms with van der Waals surface area (Å²) < 4.78 is 2.39. The summed E-state index contributed by atoms with van der Waals surface area (Å²) in [5, 5.41) is 24.9. The van der Waals surface area contributed by atoms with Crippen LogP contribution in [0.4, 0.5) is 5.69 Å². The molecule has 0 aliphatic carbocycles. The average molecular weight is 709 g/mol. The average Bonchev–Trinajstić information content (AvgIpc) is 3.57. The van der Waals surface area contributed by atoms with Gasteiger partial charge in [-0.2, -0.15) is 0 Å². The highest BCUT2D eigenvalue weighted by Crippen LogP contribution is 2.54. The van der Waals surface area contributed by atoms with Crippen molar-refractivity contribution in [1.82, 2.24) is 4.57 Å². The summed E-state index contributed by atoms with van der Waals surface area (Å²) in [6, 6.07) is 26.1. The molecule has 4 heteroatoms. The standard InChI is InChI=1S/C49H60N2O2/c1-11-26-50-42-24-18-16-20-34(42)36(44(50)38-28-32(3)30-40(46(38)52)48(5,6)7)22-14-13-15-23-37-35-21-17-19-25-43(35)51(27-12-2)45(37)39-29-33(4)31-41(47(39)53)49(8,9)10/h13-22,24-25,28-31,37,45,52-53H,11-12,23,26-27H2,1-10H3/b15-13-,22-14+. The lowest BCUT2D eigenvalue weighted by atomic mass is 9.80. The van der Waals surface area contributed by atoms with Crippen LogP contribution < -0.4 is 4.90 Å². The van der Waals surface area contributed by atoms with Crippen LogP contribution in [0.1, 0.15) is 126 Å². The lowest BCUT2D eigenvalue weighted by molar-refractivity contribution is 0.425. The van der Waals surface area contributed by atoms with Crippen LogP contribution in [0.3, 0.4) is 0 Å². The first-order valence-corrected chi connectivity index (χ1v) is 19.7.